The van der Waals surface area contributed by atoms with Crippen molar-refractivity contribution in [1.82, 2.24) is 0 Å². The van der Waals surface area contributed by atoms with Crippen LogP contribution in [0, 0.1) is 5.92 Å². The molecule has 0 spiro atoms. The third-order valence-corrected chi connectivity index (χ3v) is 3.97. The molecule has 12 heavy (non-hydrogen) atoms. The molecule has 1 saturated carbocycles. The van der Waals surface area contributed by atoms with Crippen molar-refractivity contribution in [3.8, 4) is 0 Å². The molecule has 2 unspecified atom stereocenters. The number of hydrogen-bond acceptors (Lipinski definition) is 2. The summed E-state index contributed by atoms with van der Waals surface area (Å²) in [6.07, 6.45) is 1.17. The van der Waals surface area contributed by atoms with Gasteiger partial charge < -0.3 is 10.2 Å². The van der Waals surface area contributed by atoms with Crippen molar-refractivity contribution in [2.75, 3.05) is 6.54 Å². The summed E-state index contributed by atoms with van der Waals surface area (Å²) in [5.74, 6) is 2.23. The Morgan fingerprint density at radius 1 is 1.58 bits per heavy atom. The Kier molecular flexibility index (Phi) is 2.31. The first-order valence-corrected chi connectivity index (χ1v) is 5.45. The van der Waals surface area contributed by atoms with Crippen LogP contribution in [0.2, 0.25) is 0 Å². The molecule has 1 fully saturated rings. The average molecular weight is 295 g/mol. The van der Waals surface area contributed by atoms with Crippen molar-refractivity contribution in [2.45, 2.75) is 12.3 Å². The van der Waals surface area contributed by atoms with Gasteiger partial charge in [-0.25, -0.2) is 0 Å². The van der Waals surface area contributed by atoms with E-state index in [0.717, 1.165) is 21.4 Å². The van der Waals surface area contributed by atoms with Crippen molar-refractivity contribution < 1.29 is 4.42 Å². The quantitative estimate of drug-likeness (QED) is 0.911. The number of furan rings is 1. The molecular formula is C8H9Br2NO. The van der Waals surface area contributed by atoms with Crippen LogP contribution in [0.15, 0.2) is 19.6 Å². The van der Waals surface area contributed by atoms with Gasteiger partial charge in [-0.1, -0.05) is 0 Å². The Hall–Kier alpha value is 0.200. The predicted molar refractivity (Wildman–Crippen MR) is 54.0 cm³/mol. The number of nitrogens with two attached hydrogens (primary N) is 1. The SMILES string of the molecule is NCC1CC1c1cc(Br)c(Br)o1. The highest BCUT2D eigenvalue weighted by Gasteiger charge is 2.39. The van der Waals surface area contributed by atoms with E-state index in [-0.39, 0.29) is 0 Å². The lowest BCUT2D eigenvalue weighted by Gasteiger charge is -1.90. The molecule has 0 radical (unpaired) electrons. The van der Waals surface area contributed by atoms with Gasteiger partial charge in [-0.15, -0.1) is 0 Å². The maximum atomic E-state index is 5.54. The lowest BCUT2D eigenvalue weighted by Crippen LogP contribution is -2.01. The van der Waals surface area contributed by atoms with Crippen molar-refractivity contribution in [2.24, 2.45) is 11.7 Å². The Morgan fingerprint density at radius 3 is 2.75 bits per heavy atom. The molecule has 1 aromatic rings. The second-order valence-corrected chi connectivity index (χ2v) is 4.68. The maximum Gasteiger partial charge on any atom is 0.183 e. The Morgan fingerprint density at radius 2 is 2.33 bits per heavy atom. The molecule has 1 aliphatic carbocycles. The van der Waals surface area contributed by atoms with E-state index in [1.807, 2.05) is 6.07 Å². The molecule has 0 aromatic carbocycles. The van der Waals surface area contributed by atoms with Gasteiger partial charge in [0.2, 0.25) is 0 Å². The summed E-state index contributed by atoms with van der Waals surface area (Å²) in [6.45, 7) is 0.764. The van der Waals surface area contributed by atoms with Crippen LogP contribution in [-0.4, -0.2) is 6.54 Å². The molecule has 0 saturated heterocycles. The van der Waals surface area contributed by atoms with Crippen molar-refractivity contribution >= 4 is 31.9 Å². The molecule has 1 aliphatic rings. The van der Waals surface area contributed by atoms with Gasteiger partial charge in [0.1, 0.15) is 5.76 Å². The van der Waals surface area contributed by atoms with E-state index in [9.17, 15) is 0 Å². The van der Waals surface area contributed by atoms with E-state index in [1.165, 1.54) is 6.42 Å². The number of halogens is 2. The lowest BCUT2D eigenvalue weighted by molar-refractivity contribution is 0.481. The molecule has 66 valence electrons. The molecule has 1 aromatic heterocycles. The maximum absolute atomic E-state index is 5.54. The van der Waals surface area contributed by atoms with Crippen LogP contribution in [0.25, 0.3) is 0 Å². The van der Waals surface area contributed by atoms with Gasteiger partial charge >= 0.3 is 0 Å². The second kappa shape index (κ2) is 3.16. The third-order valence-electron chi connectivity index (χ3n) is 2.25. The molecule has 2 atom stereocenters. The summed E-state index contributed by atoms with van der Waals surface area (Å²) in [5.41, 5.74) is 5.54. The van der Waals surface area contributed by atoms with Crippen LogP contribution in [0.5, 0.6) is 0 Å². The number of rotatable bonds is 2. The molecule has 0 amide bonds. The van der Waals surface area contributed by atoms with Crippen molar-refractivity contribution in [3.63, 3.8) is 0 Å². The molecule has 2 rings (SSSR count). The Bertz CT molecular complexity index is 278. The topological polar surface area (TPSA) is 39.2 Å². The van der Waals surface area contributed by atoms with Crippen LogP contribution in [-0.2, 0) is 0 Å². The molecule has 0 bridgehead atoms. The van der Waals surface area contributed by atoms with E-state index in [0.29, 0.717) is 11.8 Å². The van der Waals surface area contributed by atoms with Gasteiger partial charge in [0.25, 0.3) is 0 Å². The summed E-state index contributed by atoms with van der Waals surface area (Å²) < 4.78 is 7.25. The zero-order valence-corrected chi connectivity index (χ0v) is 9.56. The Balaban J connectivity index is 2.15. The molecule has 4 heteroatoms. The van der Waals surface area contributed by atoms with Gasteiger partial charge in [-0.05, 0) is 56.8 Å². The molecular weight excluding hydrogens is 286 g/mol. The van der Waals surface area contributed by atoms with Crippen LogP contribution in [0.4, 0.5) is 0 Å². The second-order valence-electron chi connectivity index (χ2n) is 3.11. The third kappa shape index (κ3) is 1.47. The normalized spacial score (nSPS) is 27.6. The molecule has 1 heterocycles. The van der Waals surface area contributed by atoms with Crippen LogP contribution < -0.4 is 5.73 Å². The van der Waals surface area contributed by atoms with Crippen molar-refractivity contribution in [1.29, 1.82) is 0 Å². The molecule has 2 N–H and O–H groups in total. The molecule has 2 nitrogen and oxygen atoms in total. The predicted octanol–water partition coefficient (Wildman–Crippen LogP) is 2.87. The smallest absolute Gasteiger partial charge is 0.183 e. The highest BCUT2D eigenvalue weighted by Crippen LogP contribution is 2.48. The fourth-order valence-electron chi connectivity index (χ4n) is 1.40. The van der Waals surface area contributed by atoms with E-state index in [4.69, 9.17) is 10.2 Å². The number of hydrogen-bond donors (Lipinski definition) is 1. The summed E-state index contributed by atoms with van der Waals surface area (Å²) in [5, 5.41) is 0. The first kappa shape index (κ1) is 8.78. The minimum Gasteiger partial charge on any atom is -0.453 e. The largest absolute Gasteiger partial charge is 0.453 e. The Labute approximate surface area is 87.8 Å². The zero-order chi connectivity index (χ0) is 8.72. The zero-order valence-electron chi connectivity index (χ0n) is 6.39. The van der Waals surface area contributed by atoms with Gasteiger partial charge in [0, 0.05) is 5.92 Å². The van der Waals surface area contributed by atoms with Crippen LogP contribution >= 0.6 is 31.9 Å². The minimum atomic E-state index is 0.553. The summed E-state index contributed by atoms with van der Waals surface area (Å²) in [6, 6.07) is 2.02. The van der Waals surface area contributed by atoms with Gasteiger partial charge in [0.05, 0.1) is 4.47 Å². The highest BCUT2D eigenvalue weighted by atomic mass is 79.9. The van der Waals surface area contributed by atoms with E-state index < -0.39 is 0 Å². The van der Waals surface area contributed by atoms with E-state index >= 15 is 0 Å². The van der Waals surface area contributed by atoms with E-state index in [2.05, 4.69) is 31.9 Å². The minimum absolute atomic E-state index is 0.553. The van der Waals surface area contributed by atoms with Crippen molar-refractivity contribution in [3.05, 3.63) is 21.0 Å². The van der Waals surface area contributed by atoms with Gasteiger partial charge in [-0.2, -0.15) is 0 Å². The average Bonchev–Trinajstić information content (AvgIpc) is 2.75. The monoisotopic (exact) mass is 293 g/mol. The van der Waals surface area contributed by atoms with E-state index in [1.54, 1.807) is 0 Å². The fraction of sp³-hybridized carbons (Fsp3) is 0.500. The summed E-state index contributed by atoms with van der Waals surface area (Å²) >= 11 is 6.69. The first-order valence-electron chi connectivity index (χ1n) is 3.87. The fourth-order valence-corrected chi connectivity index (χ4v) is 2.01. The van der Waals surface area contributed by atoms with Gasteiger partial charge in [0.15, 0.2) is 4.67 Å². The first-order chi connectivity index (χ1) is 5.72. The lowest BCUT2D eigenvalue weighted by atomic mass is 10.2. The van der Waals surface area contributed by atoms with Gasteiger partial charge in [-0.3, -0.25) is 0 Å². The summed E-state index contributed by atoms with van der Waals surface area (Å²) in [7, 11) is 0. The molecule has 0 aliphatic heterocycles. The van der Waals surface area contributed by atoms with Crippen LogP contribution in [0.3, 0.4) is 0 Å². The standard InChI is InChI=1S/C8H9Br2NO/c9-6-2-7(12-8(6)10)5-1-4(5)3-11/h2,4-5H,1,3,11H2. The summed E-state index contributed by atoms with van der Waals surface area (Å²) in [4.78, 5) is 0. The van der Waals surface area contributed by atoms with Crippen LogP contribution in [0.1, 0.15) is 18.1 Å². The highest BCUT2D eigenvalue weighted by molar-refractivity contribution is 9.13.